The highest BCUT2D eigenvalue weighted by atomic mass is 35.5. The van der Waals surface area contributed by atoms with Crippen molar-refractivity contribution in [3.8, 4) is 5.75 Å². The van der Waals surface area contributed by atoms with Gasteiger partial charge in [-0.05, 0) is 48.6 Å². The number of hydrogen-bond acceptors (Lipinski definition) is 1. The average molecular weight is 377 g/mol. The van der Waals surface area contributed by atoms with Crippen molar-refractivity contribution < 1.29 is 13.5 Å². The molecule has 1 aliphatic heterocycles. The Bertz CT molecular complexity index is 805. The molecule has 1 saturated carbocycles. The van der Waals surface area contributed by atoms with Gasteiger partial charge in [0.1, 0.15) is 5.82 Å². The van der Waals surface area contributed by atoms with Gasteiger partial charge in [0.15, 0.2) is 11.6 Å². The molecule has 2 aliphatic rings. The fourth-order valence-corrected chi connectivity index (χ4v) is 5.32. The van der Waals surface area contributed by atoms with Gasteiger partial charge in [-0.25, -0.2) is 8.78 Å². The molecular formula is C22H23ClF2O. The van der Waals surface area contributed by atoms with Crippen LogP contribution in [0.1, 0.15) is 43.7 Å². The summed E-state index contributed by atoms with van der Waals surface area (Å²) >= 11 is 6.03. The quantitative estimate of drug-likeness (QED) is 0.609. The Kier molecular flexibility index (Phi) is 4.68. The van der Waals surface area contributed by atoms with Gasteiger partial charge in [-0.2, -0.15) is 0 Å². The first kappa shape index (κ1) is 17.8. The van der Waals surface area contributed by atoms with Crippen molar-refractivity contribution in [2.45, 2.75) is 44.4 Å². The van der Waals surface area contributed by atoms with Crippen LogP contribution >= 0.6 is 11.6 Å². The highest BCUT2D eigenvalue weighted by molar-refractivity contribution is 6.30. The van der Waals surface area contributed by atoms with E-state index in [4.69, 9.17) is 16.3 Å². The van der Waals surface area contributed by atoms with E-state index < -0.39 is 11.2 Å². The third-order valence-corrected chi connectivity index (χ3v) is 6.65. The molecule has 0 spiro atoms. The third kappa shape index (κ3) is 2.81. The van der Waals surface area contributed by atoms with Gasteiger partial charge < -0.3 is 4.74 Å². The Labute approximate surface area is 158 Å². The van der Waals surface area contributed by atoms with E-state index >= 15 is 0 Å². The second-order valence-corrected chi connectivity index (χ2v) is 8.11. The lowest BCUT2D eigenvalue weighted by atomic mass is 9.55. The molecular weight excluding hydrogens is 354 g/mol. The summed E-state index contributed by atoms with van der Waals surface area (Å²) in [6, 6.07) is 10.1. The van der Waals surface area contributed by atoms with Crippen LogP contribution in [0.2, 0.25) is 5.02 Å². The molecule has 0 amide bonds. The zero-order chi connectivity index (χ0) is 18.3. The molecule has 2 aromatic carbocycles. The van der Waals surface area contributed by atoms with Crippen LogP contribution in [-0.2, 0) is 11.8 Å². The summed E-state index contributed by atoms with van der Waals surface area (Å²) in [5.74, 6) is -0.0367. The van der Waals surface area contributed by atoms with E-state index in [-0.39, 0.29) is 17.5 Å². The lowest BCUT2D eigenvalue weighted by Gasteiger charge is -2.51. The molecule has 2 aromatic rings. The monoisotopic (exact) mass is 376 g/mol. The van der Waals surface area contributed by atoms with Gasteiger partial charge in [0.05, 0.1) is 6.61 Å². The molecule has 1 heterocycles. The van der Waals surface area contributed by atoms with Gasteiger partial charge in [-0.15, -0.1) is 0 Å². The second-order valence-electron chi connectivity index (χ2n) is 7.67. The van der Waals surface area contributed by atoms with Crippen LogP contribution in [0.15, 0.2) is 36.4 Å². The lowest BCUT2D eigenvalue weighted by Crippen LogP contribution is -2.50. The largest absolute Gasteiger partial charge is 0.490 e. The van der Waals surface area contributed by atoms with Crippen LogP contribution in [-0.4, -0.2) is 6.61 Å². The molecule has 1 aliphatic carbocycles. The summed E-state index contributed by atoms with van der Waals surface area (Å²) in [5, 5.41) is 0.683. The van der Waals surface area contributed by atoms with Crippen LogP contribution in [0.5, 0.6) is 5.75 Å². The van der Waals surface area contributed by atoms with Crippen LogP contribution in [0, 0.1) is 23.5 Å². The van der Waals surface area contributed by atoms with E-state index in [0.717, 1.165) is 31.2 Å². The van der Waals surface area contributed by atoms with Crippen molar-refractivity contribution in [2.75, 3.05) is 6.61 Å². The van der Waals surface area contributed by atoms with E-state index in [1.165, 1.54) is 12.1 Å². The molecule has 0 N–H and O–H groups in total. The smallest absolute Gasteiger partial charge is 0.165 e. The summed E-state index contributed by atoms with van der Waals surface area (Å²) in [6.45, 7) is 2.64. The standard InChI is InChI=1S/C22H23ClF2O/c1-2-15-4-3-11-22(12-14-5-7-16(23)8-6-14)17(15)13-26-21-19(25)10-9-18(24)20(21)22/h5-10,15,17H,2-4,11-13H2,1H3/t15-,17?,22+/m1/s1. The zero-order valence-corrected chi connectivity index (χ0v) is 15.7. The van der Waals surface area contributed by atoms with Crippen molar-refractivity contribution in [1.82, 2.24) is 0 Å². The first-order chi connectivity index (χ1) is 12.5. The highest BCUT2D eigenvalue weighted by Crippen LogP contribution is 2.55. The normalized spacial score (nSPS) is 27.4. The molecule has 1 fully saturated rings. The van der Waals surface area contributed by atoms with E-state index in [0.29, 0.717) is 29.5 Å². The van der Waals surface area contributed by atoms with Crippen molar-refractivity contribution in [3.05, 3.63) is 64.2 Å². The Morgan fingerprint density at radius 3 is 2.58 bits per heavy atom. The number of ether oxygens (including phenoxy) is 1. The maximum atomic E-state index is 15.0. The van der Waals surface area contributed by atoms with Crippen LogP contribution in [0.3, 0.4) is 0 Å². The fraction of sp³-hybridized carbons (Fsp3) is 0.455. The van der Waals surface area contributed by atoms with E-state index in [1.54, 1.807) is 0 Å². The van der Waals surface area contributed by atoms with Gasteiger partial charge in [0.2, 0.25) is 0 Å². The topological polar surface area (TPSA) is 9.23 Å². The average Bonchev–Trinajstić information content (AvgIpc) is 2.65. The SMILES string of the molecule is CC[C@@H]1CCC[C@@]2(Cc3ccc(Cl)cc3)c3c(F)ccc(F)c3OCC12. The van der Waals surface area contributed by atoms with E-state index in [1.807, 2.05) is 24.3 Å². The Balaban J connectivity index is 1.88. The molecule has 1 nitrogen and oxygen atoms in total. The molecule has 138 valence electrons. The van der Waals surface area contributed by atoms with Gasteiger partial charge in [0, 0.05) is 21.9 Å². The van der Waals surface area contributed by atoms with Crippen molar-refractivity contribution in [3.63, 3.8) is 0 Å². The molecule has 3 atom stereocenters. The minimum atomic E-state index is -0.464. The van der Waals surface area contributed by atoms with Gasteiger partial charge in [-0.1, -0.05) is 49.9 Å². The maximum absolute atomic E-state index is 15.0. The summed E-state index contributed by atoms with van der Waals surface area (Å²) in [6.07, 6.45) is 4.72. The Morgan fingerprint density at radius 2 is 1.85 bits per heavy atom. The first-order valence-electron chi connectivity index (χ1n) is 9.41. The number of fused-ring (bicyclic) bond motifs is 3. The Morgan fingerprint density at radius 1 is 1.12 bits per heavy atom. The fourth-order valence-electron chi connectivity index (χ4n) is 5.20. The van der Waals surface area contributed by atoms with Crippen molar-refractivity contribution in [2.24, 2.45) is 11.8 Å². The van der Waals surface area contributed by atoms with E-state index in [2.05, 4.69) is 6.92 Å². The summed E-state index contributed by atoms with van der Waals surface area (Å²) in [7, 11) is 0. The maximum Gasteiger partial charge on any atom is 0.165 e. The summed E-state index contributed by atoms with van der Waals surface area (Å²) in [5.41, 5.74) is 1.13. The molecule has 0 aromatic heterocycles. The summed E-state index contributed by atoms with van der Waals surface area (Å²) < 4.78 is 35.2. The van der Waals surface area contributed by atoms with E-state index in [9.17, 15) is 8.78 Å². The predicted molar refractivity (Wildman–Crippen MR) is 99.8 cm³/mol. The number of hydrogen-bond donors (Lipinski definition) is 0. The molecule has 1 unspecified atom stereocenters. The van der Waals surface area contributed by atoms with Crippen LogP contribution in [0.25, 0.3) is 0 Å². The van der Waals surface area contributed by atoms with Crippen molar-refractivity contribution in [1.29, 1.82) is 0 Å². The van der Waals surface area contributed by atoms with Gasteiger partial charge in [-0.3, -0.25) is 0 Å². The Hall–Kier alpha value is -1.61. The minimum Gasteiger partial charge on any atom is -0.490 e. The second kappa shape index (κ2) is 6.84. The molecule has 0 radical (unpaired) electrons. The molecule has 4 heteroatoms. The highest BCUT2D eigenvalue weighted by Gasteiger charge is 2.52. The van der Waals surface area contributed by atoms with Gasteiger partial charge >= 0.3 is 0 Å². The molecule has 0 saturated heterocycles. The van der Waals surface area contributed by atoms with Gasteiger partial charge in [0.25, 0.3) is 0 Å². The summed E-state index contributed by atoms with van der Waals surface area (Å²) in [4.78, 5) is 0. The number of halogens is 3. The molecule has 4 rings (SSSR count). The van der Waals surface area contributed by atoms with Crippen LogP contribution < -0.4 is 4.74 Å². The number of rotatable bonds is 3. The first-order valence-corrected chi connectivity index (χ1v) is 9.78. The third-order valence-electron chi connectivity index (χ3n) is 6.40. The van der Waals surface area contributed by atoms with Crippen molar-refractivity contribution >= 4 is 11.6 Å². The number of benzene rings is 2. The molecule has 0 bridgehead atoms. The zero-order valence-electron chi connectivity index (χ0n) is 14.9. The lowest BCUT2D eigenvalue weighted by molar-refractivity contribution is 0.0314. The predicted octanol–water partition coefficient (Wildman–Crippen LogP) is 6.32. The minimum absolute atomic E-state index is 0.118. The van der Waals surface area contributed by atoms with Crippen LogP contribution in [0.4, 0.5) is 8.78 Å². The molecule has 26 heavy (non-hydrogen) atoms.